The van der Waals surface area contributed by atoms with E-state index in [1.165, 1.54) is 5.01 Å². The van der Waals surface area contributed by atoms with Crippen LogP contribution in [0.5, 0.6) is 0 Å². The van der Waals surface area contributed by atoms with Gasteiger partial charge in [-0.25, -0.2) is 9.97 Å². The predicted molar refractivity (Wildman–Crippen MR) is 60.0 cm³/mol. The van der Waals surface area contributed by atoms with Crippen LogP contribution < -0.4 is 10.7 Å². The summed E-state index contributed by atoms with van der Waals surface area (Å²) in [4.78, 5) is 19.8. The van der Waals surface area contributed by atoms with E-state index in [0.29, 0.717) is 25.3 Å². The molecule has 84 valence electrons. The number of anilines is 1. The van der Waals surface area contributed by atoms with E-state index in [-0.39, 0.29) is 5.91 Å². The molecule has 2 rings (SSSR count). The first kappa shape index (κ1) is 10.7. The molecule has 2 heterocycles. The van der Waals surface area contributed by atoms with Gasteiger partial charge in [-0.1, -0.05) is 0 Å². The van der Waals surface area contributed by atoms with Gasteiger partial charge in [0.05, 0.1) is 6.42 Å². The van der Waals surface area contributed by atoms with E-state index in [9.17, 15) is 4.79 Å². The second-order valence-corrected chi connectivity index (χ2v) is 3.60. The molecular weight excluding hydrogens is 206 g/mol. The number of rotatable bonds is 3. The third-order valence-electron chi connectivity index (χ3n) is 2.20. The van der Waals surface area contributed by atoms with Gasteiger partial charge in [0.1, 0.15) is 0 Å². The molecule has 0 unspecified atom stereocenters. The number of hydrazone groups is 1. The summed E-state index contributed by atoms with van der Waals surface area (Å²) in [5, 5.41) is 5.33. The molecule has 1 aromatic rings. The molecule has 0 radical (unpaired) electrons. The van der Waals surface area contributed by atoms with Crippen molar-refractivity contribution in [2.45, 2.75) is 19.8 Å². The van der Waals surface area contributed by atoms with E-state index >= 15 is 0 Å². The summed E-state index contributed by atoms with van der Waals surface area (Å²) >= 11 is 0. The van der Waals surface area contributed by atoms with Gasteiger partial charge < -0.3 is 5.73 Å². The highest BCUT2D eigenvalue weighted by molar-refractivity contribution is 6.11. The van der Waals surface area contributed by atoms with Crippen molar-refractivity contribution in [1.82, 2.24) is 9.97 Å². The van der Waals surface area contributed by atoms with Crippen LogP contribution in [0.15, 0.2) is 17.4 Å². The maximum absolute atomic E-state index is 11.6. The molecule has 1 aliphatic heterocycles. The van der Waals surface area contributed by atoms with E-state index < -0.39 is 0 Å². The lowest BCUT2D eigenvalue weighted by Crippen LogP contribution is -2.22. The minimum atomic E-state index is -0.0950. The van der Waals surface area contributed by atoms with Crippen LogP contribution in [0.2, 0.25) is 0 Å². The lowest BCUT2D eigenvalue weighted by Gasteiger charge is -2.09. The van der Waals surface area contributed by atoms with Crippen LogP contribution in [0.25, 0.3) is 0 Å². The molecule has 1 aromatic heterocycles. The molecule has 0 saturated carbocycles. The summed E-state index contributed by atoms with van der Waals surface area (Å²) in [5.41, 5.74) is 7.04. The number of hydrogen-bond acceptors (Lipinski definition) is 5. The summed E-state index contributed by atoms with van der Waals surface area (Å²) < 4.78 is 0. The van der Waals surface area contributed by atoms with Crippen LogP contribution in [-0.4, -0.2) is 28.1 Å². The highest BCUT2D eigenvalue weighted by Crippen LogP contribution is 2.15. The Hall–Kier alpha value is -1.82. The number of nitrogens with zero attached hydrogens (tertiary/aromatic N) is 4. The summed E-state index contributed by atoms with van der Waals surface area (Å²) in [5.74, 6) is 0.232. The smallest absolute Gasteiger partial charge is 0.255 e. The van der Waals surface area contributed by atoms with Crippen molar-refractivity contribution in [3.8, 4) is 0 Å². The normalized spacial score (nSPS) is 15.5. The number of carbonyl (C=O) groups is 1. The maximum Gasteiger partial charge on any atom is 0.255 e. The van der Waals surface area contributed by atoms with E-state index in [1.807, 2.05) is 6.92 Å². The third-order valence-corrected chi connectivity index (χ3v) is 2.20. The van der Waals surface area contributed by atoms with Crippen molar-refractivity contribution >= 4 is 17.6 Å². The number of nitrogens with two attached hydrogens (primary N) is 1. The van der Waals surface area contributed by atoms with Crippen molar-refractivity contribution in [3.05, 3.63) is 18.0 Å². The van der Waals surface area contributed by atoms with Crippen molar-refractivity contribution in [1.29, 1.82) is 0 Å². The average Bonchev–Trinajstić information content (AvgIpc) is 2.59. The predicted octanol–water partition coefficient (Wildman–Crippen LogP) is 0.0904. The molecule has 0 bridgehead atoms. The Balaban J connectivity index is 2.26. The molecule has 0 aromatic carbocycles. The topological polar surface area (TPSA) is 84.5 Å². The van der Waals surface area contributed by atoms with Gasteiger partial charge >= 0.3 is 0 Å². The molecule has 6 heteroatoms. The van der Waals surface area contributed by atoms with Crippen LogP contribution in [-0.2, 0) is 11.2 Å². The van der Waals surface area contributed by atoms with Gasteiger partial charge in [0.15, 0.2) is 0 Å². The van der Waals surface area contributed by atoms with Crippen molar-refractivity contribution in [2.24, 2.45) is 10.8 Å². The largest absolute Gasteiger partial charge is 0.330 e. The minimum absolute atomic E-state index is 0.0950. The first-order valence-electron chi connectivity index (χ1n) is 5.09. The minimum Gasteiger partial charge on any atom is -0.330 e. The number of carbonyl (C=O) groups excluding carboxylic acids is 1. The maximum atomic E-state index is 11.6. The van der Waals surface area contributed by atoms with Crippen LogP contribution >= 0.6 is 0 Å². The zero-order chi connectivity index (χ0) is 11.5. The van der Waals surface area contributed by atoms with Crippen LogP contribution in [0.3, 0.4) is 0 Å². The lowest BCUT2D eigenvalue weighted by molar-refractivity contribution is -0.117. The molecule has 0 saturated heterocycles. The van der Waals surface area contributed by atoms with Crippen molar-refractivity contribution in [3.63, 3.8) is 0 Å². The average molecular weight is 219 g/mol. The molecule has 1 amide bonds. The highest BCUT2D eigenvalue weighted by atomic mass is 16.2. The fraction of sp³-hybridized carbons (Fsp3) is 0.400. The summed E-state index contributed by atoms with van der Waals surface area (Å²) in [7, 11) is 0. The van der Waals surface area contributed by atoms with Crippen LogP contribution in [0.1, 0.15) is 19.0 Å². The van der Waals surface area contributed by atoms with Gasteiger partial charge in [0, 0.05) is 24.0 Å². The molecule has 0 spiro atoms. The Labute approximate surface area is 93.2 Å². The number of aromatic nitrogens is 2. The molecule has 1 aliphatic rings. The standard InChI is InChI=1S/C10H13N5O/c1-7-6-9(16)15(14-7)10-12-5-3-8(13-10)2-4-11/h3,5H,2,4,6,11H2,1H3. The van der Waals surface area contributed by atoms with Gasteiger partial charge in [-0.3, -0.25) is 4.79 Å². The molecule has 0 fully saturated rings. The number of amides is 1. The van der Waals surface area contributed by atoms with Crippen LogP contribution in [0.4, 0.5) is 5.95 Å². The number of hydrogen-bond donors (Lipinski definition) is 1. The first-order valence-corrected chi connectivity index (χ1v) is 5.09. The summed E-state index contributed by atoms with van der Waals surface area (Å²) in [6, 6.07) is 1.79. The fourth-order valence-electron chi connectivity index (χ4n) is 1.49. The monoisotopic (exact) mass is 219 g/mol. The molecular formula is C10H13N5O. The van der Waals surface area contributed by atoms with Gasteiger partial charge in [0.2, 0.25) is 0 Å². The second-order valence-electron chi connectivity index (χ2n) is 3.60. The summed E-state index contributed by atoms with van der Waals surface area (Å²) in [6.07, 6.45) is 2.62. The lowest BCUT2D eigenvalue weighted by atomic mass is 10.3. The zero-order valence-corrected chi connectivity index (χ0v) is 9.05. The molecule has 0 aliphatic carbocycles. The van der Waals surface area contributed by atoms with Crippen LogP contribution in [0, 0.1) is 0 Å². The van der Waals surface area contributed by atoms with Crippen molar-refractivity contribution in [2.75, 3.05) is 11.6 Å². The third kappa shape index (κ3) is 2.06. The molecule has 2 N–H and O–H groups in total. The molecule has 6 nitrogen and oxygen atoms in total. The highest BCUT2D eigenvalue weighted by Gasteiger charge is 2.24. The first-order chi connectivity index (χ1) is 7.70. The van der Waals surface area contributed by atoms with Gasteiger partial charge in [0.25, 0.3) is 11.9 Å². The Bertz CT molecular complexity index is 443. The van der Waals surface area contributed by atoms with E-state index in [0.717, 1.165) is 11.4 Å². The van der Waals surface area contributed by atoms with E-state index in [4.69, 9.17) is 5.73 Å². The van der Waals surface area contributed by atoms with Gasteiger partial charge in [-0.05, 0) is 19.5 Å². The van der Waals surface area contributed by atoms with E-state index in [1.54, 1.807) is 12.3 Å². The van der Waals surface area contributed by atoms with Crippen molar-refractivity contribution < 1.29 is 4.79 Å². The SMILES string of the molecule is CC1=NN(c2nccc(CCN)n2)C(=O)C1. The van der Waals surface area contributed by atoms with Gasteiger partial charge in [-0.15, -0.1) is 0 Å². The molecule has 0 atom stereocenters. The quantitative estimate of drug-likeness (QED) is 0.780. The molecule has 16 heavy (non-hydrogen) atoms. The fourth-order valence-corrected chi connectivity index (χ4v) is 1.49. The Morgan fingerprint density at radius 3 is 3.00 bits per heavy atom. The summed E-state index contributed by atoms with van der Waals surface area (Å²) in [6.45, 7) is 2.33. The zero-order valence-electron chi connectivity index (χ0n) is 9.05. The Morgan fingerprint density at radius 1 is 1.56 bits per heavy atom. The van der Waals surface area contributed by atoms with Gasteiger partial charge in [-0.2, -0.15) is 10.1 Å². The Kier molecular flexibility index (Phi) is 2.91. The van der Waals surface area contributed by atoms with E-state index in [2.05, 4.69) is 15.1 Å². The second kappa shape index (κ2) is 4.36. The Morgan fingerprint density at radius 2 is 2.38 bits per heavy atom.